The summed E-state index contributed by atoms with van der Waals surface area (Å²) in [5.41, 5.74) is -2.12. The molecular weight excluding hydrogens is 220 g/mol. The molecule has 0 aliphatic rings. The lowest BCUT2D eigenvalue weighted by molar-refractivity contribution is -0.166. The summed E-state index contributed by atoms with van der Waals surface area (Å²) in [5.74, 6) is -1.89. The fraction of sp³-hybridized carbons (Fsp3) is 0.778. The second kappa shape index (κ2) is 6.68. The molecular formula is C9H16O5S. The Morgan fingerprint density at radius 2 is 1.87 bits per heavy atom. The van der Waals surface area contributed by atoms with Crippen molar-refractivity contribution in [3.8, 4) is 0 Å². The Kier molecular flexibility index (Phi) is 6.35. The Morgan fingerprint density at radius 3 is 2.27 bits per heavy atom. The van der Waals surface area contributed by atoms with Crippen molar-refractivity contribution in [1.29, 1.82) is 0 Å². The van der Waals surface area contributed by atoms with Gasteiger partial charge in [0, 0.05) is 0 Å². The van der Waals surface area contributed by atoms with E-state index in [2.05, 4.69) is 0 Å². The van der Waals surface area contributed by atoms with Crippen LogP contribution in [0.5, 0.6) is 0 Å². The highest BCUT2D eigenvalue weighted by atomic mass is 32.2. The Morgan fingerprint density at radius 1 is 1.27 bits per heavy atom. The van der Waals surface area contributed by atoms with Gasteiger partial charge in [-0.25, -0.2) is 4.79 Å². The monoisotopic (exact) mass is 236 g/mol. The smallest absolute Gasteiger partial charge is 0.336 e. The predicted octanol–water partition coefficient (Wildman–Crippen LogP) is 0.810. The average Bonchev–Trinajstić information content (AvgIpc) is 2.11. The number of aliphatic carboxylic acids is 2. The molecule has 0 aromatic rings. The number of carbonyl (C=O) groups is 2. The van der Waals surface area contributed by atoms with Crippen LogP contribution in [-0.2, 0) is 9.59 Å². The van der Waals surface area contributed by atoms with Gasteiger partial charge < -0.3 is 15.3 Å². The number of hydrogen-bond acceptors (Lipinski definition) is 4. The molecule has 3 N–H and O–H groups in total. The van der Waals surface area contributed by atoms with E-state index in [9.17, 15) is 14.7 Å². The molecule has 5 nitrogen and oxygen atoms in total. The molecule has 0 rings (SSSR count). The third-order valence-electron chi connectivity index (χ3n) is 2.03. The molecule has 0 aromatic carbocycles. The Labute approximate surface area is 92.5 Å². The summed E-state index contributed by atoms with van der Waals surface area (Å²) in [5, 5.41) is 26.8. The van der Waals surface area contributed by atoms with E-state index < -0.39 is 24.0 Å². The highest BCUT2D eigenvalue weighted by Gasteiger charge is 2.37. The molecule has 0 unspecified atom stereocenters. The second-order valence-electron chi connectivity index (χ2n) is 3.36. The van der Waals surface area contributed by atoms with Gasteiger partial charge in [-0.15, -0.1) is 0 Å². The Hall–Kier alpha value is -0.750. The van der Waals surface area contributed by atoms with Crippen molar-refractivity contribution in [3.05, 3.63) is 0 Å². The zero-order valence-electron chi connectivity index (χ0n) is 8.60. The molecule has 1 atom stereocenters. The summed E-state index contributed by atoms with van der Waals surface area (Å²) in [7, 11) is 0. The molecule has 0 bridgehead atoms. The van der Waals surface area contributed by atoms with E-state index in [1.54, 1.807) is 11.8 Å². The average molecular weight is 236 g/mol. The number of aliphatic hydroxyl groups is 1. The fourth-order valence-electron chi connectivity index (χ4n) is 1.18. The molecule has 0 radical (unpaired) electrons. The van der Waals surface area contributed by atoms with Crippen LogP contribution < -0.4 is 0 Å². The first kappa shape index (κ1) is 14.2. The van der Waals surface area contributed by atoms with Crippen LogP contribution in [0.4, 0.5) is 0 Å². The standard InChI is InChI=1S/C9H16O5S/c1-15-5-3-2-4-9(14,8(12)13)6-7(10)11/h14H,2-6H2,1H3,(H,10,11)(H,12,13)/t9-/m1/s1. The van der Waals surface area contributed by atoms with Gasteiger partial charge in [-0.05, 0) is 31.3 Å². The van der Waals surface area contributed by atoms with Crippen LogP contribution in [0.3, 0.4) is 0 Å². The SMILES string of the molecule is CSCCCC[C@@](O)(CC(=O)O)C(=O)O. The largest absolute Gasteiger partial charge is 0.481 e. The summed E-state index contributed by atoms with van der Waals surface area (Å²) >= 11 is 1.63. The van der Waals surface area contributed by atoms with Gasteiger partial charge in [-0.3, -0.25) is 4.79 Å². The third kappa shape index (κ3) is 5.64. The predicted molar refractivity (Wildman–Crippen MR) is 57.1 cm³/mol. The minimum atomic E-state index is -2.12. The van der Waals surface area contributed by atoms with Gasteiger partial charge in [-0.2, -0.15) is 11.8 Å². The van der Waals surface area contributed by atoms with Gasteiger partial charge in [0.05, 0.1) is 6.42 Å². The van der Waals surface area contributed by atoms with Crippen molar-refractivity contribution in [2.24, 2.45) is 0 Å². The molecule has 15 heavy (non-hydrogen) atoms. The molecule has 0 amide bonds. The van der Waals surface area contributed by atoms with Crippen molar-refractivity contribution in [2.45, 2.75) is 31.3 Å². The van der Waals surface area contributed by atoms with Crippen molar-refractivity contribution >= 4 is 23.7 Å². The molecule has 6 heteroatoms. The quantitative estimate of drug-likeness (QED) is 0.540. The number of hydrogen-bond donors (Lipinski definition) is 3. The highest BCUT2D eigenvalue weighted by Crippen LogP contribution is 2.19. The lowest BCUT2D eigenvalue weighted by Crippen LogP contribution is -2.40. The Balaban J connectivity index is 4.14. The first-order chi connectivity index (χ1) is 6.92. The zero-order chi connectivity index (χ0) is 11.9. The topological polar surface area (TPSA) is 94.8 Å². The van der Waals surface area contributed by atoms with E-state index in [-0.39, 0.29) is 6.42 Å². The first-order valence-corrected chi connectivity index (χ1v) is 5.98. The third-order valence-corrected chi connectivity index (χ3v) is 2.73. The van der Waals surface area contributed by atoms with Gasteiger partial charge in [0.15, 0.2) is 5.60 Å². The van der Waals surface area contributed by atoms with Crippen molar-refractivity contribution in [1.82, 2.24) is 0 Å². The molecule has 0 saturated carbocycles. The van der Waals surface area contributed by atoms with E-state index in [0.29, 0.717) is 6.42 Å². The van der Waals surface area contributed by atoms with Crippen LogP contribution in [0.2, 0.25) is 0 Å². The maximum absolute atomic E-state index is 10.7. The number of unbranched alkanes of at least 4 members (excludes halogenated alkanes) is 1. The van der Waals surface area contributed by atoms with Crippen LogP contribution in [0.1, 0.15) is 25.7 Å². The van der Waals surface area contributed by atoms with Gasteiger partial charge in [0.25, 0.3) is 0 Å². The normalized spacial score (nSPS) is 14.5. The molecule has 88 valence electrons. The summed E-state index contributed by atoms with van der Waals surface area (Å²) < 4.78 is 0. The maximum atomic E-state index is 10.7. The number of rotatable bonds is 8. The summed E-state index contributed by atoms with van der Waals surface area (Å²) in [6.45, 7) is 0. The molecule has 0 aliphatic heterocycles. The zero-order valence-corrected chi connectivity index (χ0v) is 9.42. The van der Waals surface area contributed by atoms with Gasteiger partial charge >= 0.3 is 11.9 Å². The summed E-state index contributed by atoms with van der Waals surface area (Å²) in [6, 6.07) is 0. The molecule has 0 aliphatic carbocycles. The van der Waals surface area contributed by atoms with E-state index >= 15 is 0 Å². The first-order valence-electron chi connectivity index (χ1n) is 4.59. The number of thioether (sulfide) groups is 1. The van der Waals surface area contributed by atoms with Gasteiger partial charge in [-0.1, -0.05) is 0 Å². The Bertz CT molecular complexity index is 231. The van der Waals surface area contributed by atoms with Crippen LogP contribution in [0, 0.1) is 0 Å². The number of carboxylic acid groups (broad SMARTS) is 2. The van der Waals surface area contributed by atoms with Crippen molar-refractivity contribution in [2.75, 3.05) is 12.0 Å². The highest BCUT2D eigenvalue weighted by molar-refractivity contribution is 7.98. The van der Waals surface area contributed by atoms with Crippen LogP contribution in [-0.4, -0.2) is 44.9 Å². The molecule has 0 heterocycles. The molecule has 0 aromatic heterocycles. The number of carboxylic acids is 2. The van der Waals surface area contributed by atoms with Gasteiger partial charge in [0.2, 0.25) is 0 Å². The van der Waals surface area contributed by atoms with E-state index in [1.165, 1.54) is 0 Å². The van der Waals surface area contributed by atoms with E-state index in [0.717, 1.165) is 12.2 Å². The van der Waals surface area contributed by atoms with Crippen LogP contribution >= 0.6 is 11.8 Å². The lowest BCUT2D eigenvalue weighted by atomic mass is 9.93. The summed E-state index contributed by atoms with van der Waals surface area (Å²) in [4.78, 5) is 21.1. The van der Waals surface area contributed by atoms with E-state index in [1.807, 2.05) is 6.26 Å². The van der Waals surface area contributed by atoms with Crippen molar-refractivity contribution in [3.63, 3.8) is 0 Å². The van der Waals surface area contributed by atoms with Gasteiger partial charge in [0.1, 0.15) is 0 Å². The van der Waals surface area contributed by atoms with Crippen LogP contribution in [0.15, 0.2) is 0 Å². The molecule has 0 fully saturated rings. The minimum Gasteiger partial charge on any atom is -0.481 e. The summed E-state index contributed by atoms with van der Waals surface area (Å²) in [6.07, 6.45) is 2.45. The lowest BCUT2D eigenvalue weighted by Gasteiger charge is -2.20. The maximum Gasteiger partial charge on any atom is 0.336 e. The molecule has 0 spiro atoms. The van der Waals surface area contributed by atoms with E-state index in [4.69, 9.17) is 10.2 Å². The molecule has 0 saturated heterocycles. The second-order valence-corrected chi connectivity index (χ2v) is 4.34. The fourth-order valence-corrected chi connectivity index (χ4v) is 1.68. The van der Waals surface area contributed by atoms with Crippen LogP contribution in [0.25, 0.3) is 0 Å². The van der Waals surface area contributed by atoms with Crippen molar-refractivity contribution < 1.29 is 24.9 Å². The minimum absolute atomic E-state index is 0.0187.